The summed E-state index contributed by atoms with van der Waals surface area (Å²) in [5.41, 5.74) is 0. The maximum Gasteiger partial charge on any atom is 0.246 e. The third-order valence-electron chi connectivity index (χ3n) is 10.8. The van der Waals surface area contributed by atoms with Crippen molar-refractivity contribution in [3.05, 3.63) is 12.2 Å². The number of ketones is 1. The van der Waals surface area contributed by atoms with Gasteiger partial charge in [0.25, 0.3) is 0 Å². The van der Waals surface area contributed by atoms with Gasteiger partial charge in [-0.05, 0) is 74.7 Å². The fourth-order valence-corrected chi connectivity index (χ4v) is 6.03. The van der Waals surface area contributed by atoms with Gasteiger partial charge in [0.15, 0.2) is 0 Å². The summed E-state index contributed by atoms with van der Waals surface area (Å²) >= 11 is 0. The zero-order valence-corrected chi connectivity index (χ0v) is 42.1. The first-order valence-electron chi connectivity index (χ1n) is 20.4. The molecule has 0 saturated heterocycles. The summed E-state index contributed by atoms with van der Waals surface area (Å²) in [5.74, 6) is -7.54. The molecular formula is C41H67N9O13Y-2. The second-order valence-corrected chi connectivity index (χ2v) is 15.7. The van der Waals surface area contributed by atoms with E-state index in [2.05, 4.69) is 26.6 Å². The molecule has 359 valence electrons. The first-order chi connectivity index (χ1) is 29.1. The van der Waals surface area contributed by atoms with Gasteiger partial charge >= 0.3 is 0 Å². The Morgan fingerprint density at radius 2 is 0.984 bits per heavy atom. The van der Waals surface area contributed by atoms with E-state index in [1.165, 1.54) is 96.3 Å². The molecule has 0 fully saturated rings. The second kappa shape index (κ2) is 29.0. The Kier molecular flexibility index (Phi) is 27.8. The number of carbonyl (C=O) groups excluding carboxylic acids is 11. The first kappa shape index (κ1) is 61.4. The molecule has 12 unspecified atom stereocenters. The van der Waals surface area contributed by atoms with Gasteiger partial charge in [-0.1, -0.05) is 25.5 Å². The SMILES string of the molecule is C/C=C\CC(C)C(O)C(C(=O)NC(C(=O)C[C-]=O)C(C)O)N(C)C(=O)C(C)N(C)C(=O)C(C)NC(=O)C(C)N(C)C(=O)C(C)NC(=O)C(C)NC(=O)C(C)N(C)C(=O)C(C)N[C-]=O.[Y]. The minimum atomic E-state index is -1.63. The average molecular weight is 983 g/mol. The van der Waals surface area contributed by atoms with Crippen LogP contribution in [0.4, 0.5) is 0 Å². The normalized spacial score (nSPS) is 16.6. The Morgan fingerprint density at radius 1 is 0.562 bits per heavy atom. The number of aliphatic hydroxyl groups is 2. The van der Waals surface area contributed by atoms with Crippen LogP contribution in [0.15, 0.2) is 12.2 Å². The van der Waals surface area contributed by atoms with Gasteiger partial charge in [0.1, 0.15) is 54.1 Å². The van der Waals surface area contributed by atoms with Crippen molar-refractivity contribution in [1.29, 1.82) is 0 Å². The number of nitrogens with one attached hydrogen (secondary N) is 5. The summed E-state index contributed by atoms with van der Waals surface area (Å²) in [6.07, 6.45) is 2.90. The van der Waals surface area contributed by atoms with Crippen molar-refractivity contribution in [3.63, 3.8) is 0 Å². The van der Waals surface area contributed by atoms with Gasteiger partial charge in [-0.25, -0.2) is 0 Å². The quantitative estimate of drug-likeness (QED) is 0.0195. The Balaban J connectivity index is 0. The van der Waals surface area contributed by atoms with Crippen LogP contribution in [0, 0.1) is 5.92 Å². The molecule has 22 nitrogen and oxygen atoms in total. The van der Waals surface area contributed by atoms with E-state index in [0.29, 0.717) is 6.42 Å². The maximum atomic E-state index is 13.9. The molecule has 0 aliphatic carbocycles. The van der Waals surface area contributed by atoms with Crippen LogP contribution in [0.25, 0.3) is 0 Å². The van der Waals surface area contributed by atoms with E-state index < -0.39 is 132 Å². The summed E-state index contributed by atoms with van der Waals surface area (Å²) in [5, 5.41) is 33.4. The molecule has 0 aliphatic heterocycles. The topological polar surface area (TPSA) is 301 Å². The number of hydrogen-bond donors (Lipinski definition) is 7. The van der Waals surface area contributed by atoms with E-state index in [4.69, 9.17) is 0 Å². The zero-order chi connectivity index (χ0) is 49.2. The van der Waals surface area contributed by atoms with Crippen molar-refractivity contribution in [3.8, 4) is 0 Å². The molecule has 0 aliphatic rings. The summed E-state index contributed by atoms with van der Waals surface area (Å²) < 4.78 is 0. The Bertz CT molecular complexity index is 1700. The Hall–Kier alpha value is -4.67. The third kappa shape index (κ3) is 17.7. The van der Waals surface area contributed by atoms with E-state index in [0.717, 1.165) is 19.6 Å². The Labute approximate surface area is 400 Å². The molecule has 0 saturated carbocycles. The van der Waals surface area contributed by atoms with Crippen molar-refractivity contribution < 1.29 is 95.7 Å². The van der Waals surface area contributed by atoms with E-state index >= 15 is 0 Å². The molecule has 1 radical (unpaired) electrons. The predicted molar refractivity (Wildman–Crippen MR) is 228 cm³/mol. The van der Waals surface area contributed by atoms with Crippen molar-refractivity contribution >= 4 is 65.7 Å². The molecule has 9 amide bonds. The summed E-state index contributed by atoms with van der Waals surface area (Å²) in [4.78, 5) is 144. The smallest absolute Gasteiger partial charge is 0.246 e. The molecule has 12 atom stereocenters. The van der Waals surface area contributed by atoms with Gasteiger partial charge in [-0.3, -0.25) is 49.4 Å². The summed E-state index contributed by atoms with van der Waals surface area (Å²) in [6, 6.07) is -11.3. The molecule has 23 heteroatoms. The average Bonchev–Trinajstić information content (AvgIpc) is 3.24. The standard InChI is InChI=1S/C41H67N9O13.Y/c1-15-16-17-21(2)33(55)32(37(59)46-31(29(10)53)30(54)18-19-51)50(14)41(63)28(9)49(13)40(62)25(6)45-36(58)27(8)48(12)39(61)24(5)44-34(56)22(3)43-35(57)26(7)47(11)38(60)23(4)42-20-52;/h15-16,21-29,31-33,53,55H,17-18H2,1-14H3,(H,42,52)(H,43,57)(H,44,56)(H,45,58)(H,46,59);/q-2;/b16-15-;. The van der Waals surface area contributed by atoms with Gasteiger partial charge in [0.2, 0.25) is 47.3 Å². The van der Waals surface area contributed by atoms with Crippen LogP contribution in [0.2, 0.25) is 0 Å². The van der Waals surface area contributed by atoms with Crippen LogP contribution >= 0.6 is 0 Å². The number of amides is 9. The summed E-state index contributed by atoms with van der Waals surface area (Å²) in [6.45, 7) is 14.2. The van der Waals surface area contributed by atoms with Crippen molar-refractivity contribution in [2.45, 2.75) is 149 Å². The van der Waals surface area contributed by atoms with E-state index in [1.807, 2.05) is 0 Å². The van der Waals surface area contributed by atoms with Crippen LogP contribution in [-0.4, -0.2) is 190 Å². The predicted octanol–water partition coefficient (Wildman–Crippen LogP) is -3.19. The Morgan fingerprint density at radius 3 is 1.41 bits per heavy atom. The molecule has 0 rings (SSSR count). The number of Topliss-reactive ketones (excluding diaryl/α,β-unsaturated/α-hetero) is 1. The monoisotopic (exact) mass is 982 g/mol. The summed E-state index contributed by atoms with van der Waals surface area (Å²) in [7, 11) is 5.13. The van der Waals surface area contributed by atoms with Crippen molar-refractivity contribution in [2.24, 2.45) is 5.92 Å². The number of nitrogens with zero attached hydrogens (tertiary/aromatic N) is 4. The van der Waals surface area contributed by atoms with Gasteiger partial charge in [-0.15, -0.1) is 0 Å². The van der Waals surface area contributed by atoms with Gasteiger partial charge in [0.05, 0.1) is 18.2 Å². The zero-order valence-electron chi connectivity index (χ0n) is 39.2. The number of likely N-dealkylation sites (N-methyl/N-ethyl adjacent to an activating group) is 4. The minimum absolute atomic E-state index is 0. The first-order valence-corrected chi connectivity index (χ1v) is 20.4. The molecule has 0 heterocycles. The fraction of sp³-hybridized carbons (Fsp3) is 0.683. The van der Waals surface area contributed by atoms with E-state index in [1.54, 1.807) is 26.0 Å². The van der Waals surface area contributed by atoms with Gasteiger partial charge < -0.3 is 66.0 Å². The number of aliphatic hydroxyl groups excluding tert-OH is 2. The number of rotatable bonds is 26. The van der Waals surface area contributed by atoms with Crippen LogP contribution in [0.3, 0.4) is 0 Å². The van der Waals surface area contributed by atoms with E-state index in [9.17, 15) is 63.0 Å². The molecule has 0 aromatic carbocycles. The largest absolute Gasteiger partial charge is 0.541 e. The fourth-order valence-electron chi connectivity index (χ4n) is 6.03. The molecule has 7 N–H and O–H groups in total. The minimum Gasteiger partial charge on any atom is -0.541 e. The number of hydrogen-bond acceptors (Lipinski definition) is 13. The van der Waals surface area contributed by atoms with Crippen LogP contribution in [0.1, 0.15) is 82.1 Å². The van der Waals surface area contributed by atoms with Crippen molar-refractivity contribution in [2.75, 3.05) is 28.2 Å². The van der Waals surface area contributed by atoms with Gasteiger partial charge in [0, 0.05) is 60.9 Å². The molecule has 0 aromatic heterocycles. The van der Waals surface area contributed by atoms with Crippen LogP contribution < -0.4 is 26.6 Å². The third-order valence-corrected chi connectivity index (χ3v) is 10.8. The maximum absolute atomic E-state index is 13.9. The van der Waals surface area contributed by atoms with Gasteiger partial charge in [-0.2, -0.15) is 6.41 Å². The molecule has 64 heavy (non-hydrogen) atoms. The van der Waals surface area contributed by atoms with E-state index in [-0.39, 0.29) is 32.7 Å². The van der Waals surface area contributed by atoms with Crippen LogP contribution in [0.5, 0.6) is 0 Å². The van der Waals surface area contributed by atoms with Crippen molar-refractivity contribution in [1.82, 2.24) is 46.2 Å². The molecular weight excluding hydrogens is 915 g/mol. The number of carbonyl (C=O) groups is 9. The molecule has 0 aromatic rings. The molecule has 0 spiro atoms. The van der Waals surface area contributed by atoms with Crippen LogP contribution in [-0.2, 0) is 85.4 Å². The second-order valence-electron chi connectivity index (χ2n) is 15.7. The number of allylic oxidation sites excluding steroid dienone is 2. The molecule has 0 bridgehead atoms.